The molecule has 0 unspecified atom stereocenters. The van der Waals surface area contributed by atoms with Crippen LogP contribution in [0.3, 0.4) is 0 Å². The zero-order valence-corrected chi connectivity index (χ0v) is 19.7. The number of fused-ring (bicyclic) bond motifs is 2. The van der Waals surface area contributed by atoms with Crippen LogP contribution in [0.15, 0.2) is 42.5 Å². The lowest BCUT2D eigenvalue weighted by molar-refractivity contribution is -0.161. The van der Waals surface area contributed by atoms with Crippen LogP contribution in [0.4, 0.5) is 8.78 Å². The Labute approximate surface area is 204 Å². The maximum absolute atomic E-state index is 14.3. The second-order valence-corrected chi connectivity index (χ2v) is 9.84. The number of nitrogens with zero attached hydrogens (tertiary/aromatic N) is 2. The standard InChI is InChI=1S/C27H32F2N2O4/c28-21-5-7-24(29)20(11-21)14-31-15-22(32)16-34-17-26-25(31)8-6-23(35-26)12-27(33)30-10-9-18-3-1-2-4-19(18)13-30/h1-5,7,11,22-23,25-26,32H,6,8-10,12-17H2/t22-,23-,25+,26-/m0/s1. The summed E-state index contributed by atoms with van der Waals surface area (Å²) >= 11 is 0. The molecule has 2 fully saturated rings. The van der Waals surface area contributed by atoms with Gasteiger partial charge in [-0.2, -0.15) is 0 Å². The smallest absolute Gasteiger partial charge is 0.225 e. The zero-order chi connectivity index (χ0) is 24.4. The lowest BCUT2D eigenvalue weighted by Gasteiger charge is -2.44. The molecular weight excluding hydrogens is 454 g/mol. The van der Waals surface area contributed by atoms with Crippen molar-refractivity contribution in [2.75, 3.05) is 26.3 Å². The molecule has 4 atom stereocenters. The average Bonchev–Trinajstić information content (AvgIpc) is 2.85. The van der Waals surface area contributed by atoms with Crippen molar-refractivity contribution in [3.63, 3.8) is 0 Å². The Kier molecular flexibility index (Phi) is 7.43. The Balaban J connectivity index is 1.24. The largest absolute Gasteiger partial charge is 0.389 e. The Morgan fingerprint density at radius 3 is 2.77 bits per heavy atom. The summed E-state index contributed by atoms with van der Waals surface area (Å²) < 4.78 is 40.1. The van der Waals surface area contributed by atoms with Crippen LogP contribution in [0.1, 0.15) is 36.0 Å². The minimum absolute atomic E-state index is 0.0869. The second-order valence-electron chi connectivity index (χ2n) is 9.84. The molecule has 0 spiro atoms. The third-order valence-electron chi connectivity index (χ3n) is 7.35. The number of hydrogen-bond donors (Lipinski definition) is 1. The first-order chi connectivity index (χ1) is 17.0. The molecule has 1 amide bonds. The number of hydrogen-bond acceptors (Lipinski definition) is 5. The van der Waals surface area contributed by atoms with Crippen LogP contribution in [-0.2, 0) is 33.8 Å². The van der Waals surface area contributed by atoms with Crippen LogP contribution in [0.5, 0.6) is 0 Å². The molecule has 2 saturated heterocycles. The van der Waals surface area contributed by atoms with Crippen molar-refractivity contribution in [2.24, 2.45) is 0 Å². The number of benzene rings is 2. The molecule has 5 rings (SSSR count). The van der Waals surface area contributed by atoms with Gasteiger partial charge in [0, 0.05) is 37.8 Å². The maximum atomic E-state index is 14.3. The van der Waals surface area contributed by atoms with Gasteiger partial charge in [0.05, 0.1) is 37.9 Å². The van der Waals surface area contributed by atoms with Crippen LogP contribution in [0.25, 0.3) is 0 Å². The van der Waals surface area contributed by atoms with E-state index in [9.17, 15) is 18.7 Å². The number of β-amino-alcohol motifs (C(OH)–C–C–N with tert-alkyl or cyclic N) is 1. The number of aliphatic hydroxyl groups excluding tert-OH is 1. The van der Waals surface area contributed by atoms with E-state index in [4.69, 9.17) is 9.47 Å². The summed E-state index contributed by atoms with van der Waals surface area (Å²) in [5, 5.41) is 10.3. The fourth-order valence-electron chi connectivity index (χ4n) is 5.54. The normalized spacial score (nSPS) is 27.5. The predicted octanol–water partition coefficient (Wildman–Crippen LogP) is 3.05. The highest BCUT2D eigenvalue weighted by Gasteiger charge is 2.38. The van der Waals surface area contributed by atoms with E-state index in [-0.39, 0.29) is 56.0 Å². The summed E-state index contributed by atoms with van der Waals surface area (Å²) in [7, 11) is 0. The van der Waals surface area contributed by atoms with E-state index in [0.717, 1.165) is 25.0 Å². The highest BCUT2D eigenvalue weighted by Crippen LogP contribution is 2.30. The van der Waals surface area contributed by atoms with E-state index in [1.54, 1.807) is 0 Å². The molecule has 0 bridgehead atoms. The van der Waals surface area contributed by atoms with E-state index in [1.165, 1.54) is 17.2 Å². The summed E-state index contributed by atoms with van der Waals surface area (Å²) in [6.07, 6.45) is 1.31. The third-order valence-corrected chi connectivity index (χ3v) is 7.35. The van der Waals surface area contributed by atoms with Crippen molar-refractivity contribution < 1.29 is 28.2 Å². The lowest BCUT2D eigenvalue weighted by atomic mass is 9.93. The van der Waals surface area contributed by atoms with E-state index in [1.807, 2.05) is 21.9 Å². The summed E-state index contributed by atoms with van der Waals surface area (Å²) in [5.41, 5.74) is 2.75. The van der Waals surface area contributed by atoms with Crippen molar-refractivity contribution in [1.29, 1.82) is 0 Å². The molecule has 8 heteroatoms. The third kappa shape index (κ3) is 5.72. The Bertz CT molecular complexity index is 1050. The lowest BCUT2D eigenvalue weighted by Crippen LogP contribution is -2.55. The van der Waals surface area contributed by atoms with Crippen molar-refractivity contribution >= 4 is 5.91 Å². The van der Waals surface area contributed by atoms with Gasteiger partial charge >= 0.3 is 0 Å². The minimum Gasteiger partial charge on any atom is -0.389 e. The number of carbonyl (C=O) groups is 1. The van der Waals surface area contributed by atoms with E-state index < -0.39 is 17.7 Å². The number of amides is 1. The van der Waals surface area contributed by atoms with E-state index >= 15 is 0 Å². The van der Waals surface area contributed by atoms with Crippen molar-refractivity contribution in [2.45, 2.75) is 63.1 Å². The zero-order valence-electron chi connectivity index (χ0n) is 19.7. The van der Waals surface area contributed by atoms with Gasteiger partial charge in [0.2, 0.25) is 5.91 Å². The molecule has 6 nitrogen and oxygen atoms in total. The topological polar surface area (TPSA) is 62.2 Å². The molecule has 188 valence electrons. The number of carbonyl (C=O) groups excluding carboxylic acids is 1. The van der Waals surface area contributed by atoms with Crippen LogP contribution in [0, 0.1) is 11.6 Å². The summed E-state index contributed by atoms with van der Waals surface area (Å²) in [6, 6.07) is 11.5. The van der Waals surface area contributed by atoms with Gasteiger partial charge in [0.25, 0.3) is 0 Å². The molecule has 35 heavy (non-hydrogen) atoms. The Morgan fingerprint density at radius 2 is 1.91 bits per heavy atom. The number of rotatable bonds is 4. The van der Waals surface area contributed by atoms with Gasteiger partial charge < -0.3 is 19.5 Å². The van der Waals surface area contributed by atoms with Crippen molar-refractivity contribution in [1.82, 2.24) is 9.80 Å². The summed E-state index contributed by atoms with van der Waals surface area (Å²) in [5.74, 6) is -0.879. The number of ether oxygens (including phenoxy) is 2. The molecule has 3 aliphatic heterocycles. The molecule has 1 N–H and O–H groups in total. The monoisotopic (exact) mass is 486 g/mol. The first kappa shape index (κ1) is 24.3. The van der Waals surface area contributed by atoms with Gasteiger partial charge in [0.15, 0.2) is 0 Å². The van der Waals surface area contributed by atoms with Crippen molar-refractivity contribution in [3.8, 4) is 0 Å². The van der Waals surface area contributed by atoms with E-state index in [0.29, 0.717) is 25.9 Å². The SMILES string of the molecule is O=C(C[C@@H]1CC[C@@H]2[C@H](COC[C@@H](O)CN2Cc2cc(F)ccc2F)O1)N1CCc2ccccc2C1. The molecule has 0 aromatic heterocycles. The second kappa shape index (κ2) is 10.7. The fourth-order valence-corrected chi connectivity index (χ4v) is 5.54. The predicted molar refractivity (Wildman–Crippen MR) is 125 cm³/mol. The molecule has 2 aromatic carbocycles. The highest BCUT2D eigenvalue weighted by molar-refractivity contribution is 5.77. The van der Waals surface area contributed by atoms with Gasteiger partial charge in [0.1, 0.15) is 11.6 Å². The Morgan fingerprint density at radius 1 is 1.09 bits per heavy atom. The number of aliphatic hydroxyl groups is 1. The van der Waals surface area contributed by atoms with Gasteiger partial charge in [-0.05, 0) is 48.6 Å². The average molecular weight is 487 g/mol. The molecule has 3 aliphatic rings. The molecule has 0 radical (unpaired) electrons. The van der Waals surface area contributed by atoms with Crippen LogP contribution in [-0.4, -0.2) is 71.5 Å². The molecule has 0 saturated carbocycles. The summed E-state index contributed by atoms with van der Waals surface area (Å²) in [6.45, 7) is 2.21. The minimum atomic E-state index is -0.728. The van der Waals surface area contributed by atoms with Crippen molar-refractivity contribution in [3.05, 3.63) is 70.8 Å². The first-order valence-electron chi connectivity index (χ1n) is 12.4. The molecular formula is C27H32F2N2O4. The fraction of sp³-hybridized carbons (Fsp3) is 0.519. The quantitative estimate of drug-likeness (QED) is 0.720. The van der Waals surface area contributed by atoms with Gasteiger partial charge in [-0.3, -0.25) is 9.69 Å². The van der Waals surface area contributed by atoms with E-state index in [2.05, 4.69) is 12.1 Å². The van der Waals surface area contributed by atoms with Gasteiger partial charge in [-0.15, -0.1) is 0 Å². The molecule has 0 aliphatic carbocycles. The maximum Gasteiger partial charge on any atom is 0.225 e. The van der Waals surface area contributed by atoms with Crippen LogP contribution in [0.2, 0.25) is 0 Å². The highest BCUT2D eigenvalue weighted by atomic mass is 19.1. The summed E-state index contributed by atoms with van der Waals surface area (Å²) in [4.78, 5) is 16.9. The molecule has 3 heterocycles. The molecule has 2 aromatic rings. The first-order valence-corrected chi connectivity index (χ1v) is 12.4. The van der Waals surface area contributed by atoms with Crippen LogP contribution < -0.4 is 0 Å². The van der Waals surface area contributed by atoms with Gasteiger partial charge in [-0.1, -0.05) is 24.3 Å². The van der Waals surface area contributed by atoms with Crippen LogP contribution >= 0.6 is 0 Å². The number of halogens is 2. The Hall–Kier alpha value is -2.39. The van der Waals surface area contributed by atoms with Gasteiger partial charge in [-0.25, -0.2) is 8.78 Å².